The number of anilines is 1. The van der Waals surface area contributed by atoms with Gasteiger partial charge >= 0.3 is 5.97 Å². The standard InChI is InChI=1S/C29H32N6O6S/c1-38-26-11-5-20(18-32-26)21(16-28(36)37)15-23-17-27(35(34-23)24-7-9-25(10-8-24)42-41-40-30)39-14-12-22-6-4-19-3-2-13-31-29(19)33-22/h4-11,17-18,21H,2-3,12-16,30H2,1H3,(H,31,33)(H,36,37). The van der Waals surface area contributed by atoms with Crippen LogP contribution in [-0.4, -0.2) is 51.1 Å². The molecule has 3 aromatic heterocycles. The van der Waals surface area contributed by atoms with Gasteiger partial charge in [-0.3, -0.25) is 4.79 Å². The highest BCUT2D eigenvalue weighted by molar-refractivity contribution is 7.94. The number of aryl methyl sites for hydroxylation is 1. The van der Waals surface area contributed by atoms with Gasteiger partial charge in [0.05, 0.1) is 43.6 Å². The molecule has 1 aliphatic heterocycles. The van der Waals surface area contributed by atoms with Gasteiger partial charge in [0.2, 0.25) is 11.8 Å². The highest BCUT2D eigenvalue weighted by Crippen LogP contribution is 2.29. The SMILES string of the molecule is COc1ccc(C(CC(=O)O)Cc2cc(OCCc3ccc4c(n3)NCCC4)n(-c3ccc(SOON)cc3)n2)cn1. The minimum atomic E-state index is -0.907. The summed E-state index contributed by atoms with van der Waals surface area (Å²) in [4.78, 5) is 25.7. The van der Waals surface area contributed by atoms with Crippen molar-refractivity contribution in [3.63, 3.8) is 0 Å². The van der Waals surface area contributed by atoms with E-state index in [1.165, 1.54) is 12.7 Å². The zero-order chi connectivity index (χ0) is 29.3. The molecule has 13 heteroatoms. The van der Waals surface area contributed by atoms with Crippen LogP contribution in [0.3, 0.4) is 0 Å². The van der Waals surface area contributed by atoms with Crippen molar-refractivity contribution in [1.82, 2.24) is 19.7 Å². The van der Waals surface area contributed by atoms with Crippen LogP contribution in [0.5, 0.6) is 11.8 Å². The van der Waals surface area contributed by atoms with Gasteiger partial charge in [-0.25, -0.2) is 14.6 Å². The lowest BCUT2D eigenvalue weighted by atomic mass is 9.92. The third-order valence-corrected chi connectivity index (χ3v) is 7.47. The Balaban J connectivity index is 1.37. The lowest BCUT2D eigenvalue weighted by Crippen LogP contribution is -2.14. The average molecular weight is 593 g/mol. The van der Waals surface area contributed by atoms with Gasteiger partial charge in [0, 0.05) is 47.8 Å². The van der Waals surface area contributed by atoms with Crippen molar-refractivity contribution in [2.75, 3.05) is 25.6 Å². The van der Waals surface area contributed by atoms with E-state index in [1.54, 1.807) is 16.9 Å². The molecule has 5 rings (SSSR count). The summed E-state index contributed by atoms with van der Waals surface area (Å²) in [7, 11) is 1.54. The number of methoxy groups -OCH3 is 1. The Hall–Kier alpha value is -4.17. The van der Waals surface area contributed by atoms with E-state index in [-0.39, 0.29) is 12.3 Å². The molecule has 0 fully saturated rings. The molecule has 0 spiro atoms. The summed E-state index contributed by atoms with van der Waals surface area (Å²) in [5.41, 5.74) is 4.40. The molecule has 1 atom stereocenters. The summed E-state index contributed by atoms with van der Waals surface area (Å²) >= 11 is 0.978. The number of nitrogens with zero attached hydrogens (tertiary/aromatic N) is 4. The number of carboxylic acid groups (broad SMARTS) is 1. The van der Waals surface area contributed by atoms with Crippen molar-refractivity contribution in [3.05, 3.63) is 83.3 Å². The molecule has 0 saturated heterocycles. The second-order valence-corrected chi connectivity index (χ2v) is 10.5. The van der Waals surface area contributed by atoms with E-state index in [9.17, 15) is 9.90 Å². The maximum Gasteiger partial charge on any atom is 0.303 e. The highest BCUT2D eigenvalue weighted by atomic mass is 32.2. The maximum absolute atomic E-state index is 11.7. The van der Waals surface area contributed by atoms with Crippen LogP contribution in [0.4, 0.5) is 5.82 Å². The maximum atomic E-state index is 11.7. The minimum Gasteiger partial charge on any atom is -0.481 e. The molecular formula is C29H32N6O6S. The van der Waals surface area contributed by atoms with Crippen molar-refractivity contribution in [1.29, 1.82) is 0 Å². The minimum absolute atomic E-state index is 0.0791. The fourth-order valence-electron chi connectivity index (χ4n) is 4.79. The van der Waals surface area contributed by atoms with Crippen molar-refractivity contribution < 1.29 is 28.7 Å². The number of nitrogens with one attached hydrogen (secondary N) is 1. The Morgan fingerprint density at radius 2 is 2.02 bits per heavy atom. The number of hydrogen-bond donors (Lipinski definition) is 3. The Kier molecular flexibility index (Phi) is 9.87. The Labute approximate surface area is 247 Å². The molecule has 0 saturated carbocycles. The first-order valence-electron chi connectivity index (χ1n) is 13.5. The van der Waals surface area contributed by atoms with E-state index in [0.717, 1.165) is 59.1 Å². The van der Waals surface area contributed by atoms with E-state index in [0.29, 0.717) is 36.9 Å². The zero-order valence-electron chi connectivity index (χ0n) is 23.1. The molecule has 220 valence electrons. The molecule has 12 nitrogen and oxygen atoms in total. The van der Waals surface area contributed by atoms with Crippen molar-refractivity contribution >= 4 is 23.8 Å². The number of benzene rings is 1. The first kappa shape index (κ1) is 29.3. The summed E-state index contributed by atoms with van der Waals surface area (Å²) in [5.74, 6) is 5.62. The van der Waals surface area contributed by atoms with Crippen LogP contribution in [0.2, 0.25) is 0 Å². The number of rotatable bonds is 14. The van der Waals surface area contributed by atoms with Crippen LogP contribution in [0.15, 0.2) is 65.7 Å². The third kappa shape index (κ3) is 7.56. The second kappa shape index (κ2) is 14.1. The lowest BCUT2D eigenvalue weighted by Gasteiger charge is -2.17. The van der Waals surface area contributed by atoms with E-state index < -0.39 is 5.97 Å². The molecule has 42 heavy (non-hydrogen) atoms. The van der Waals surface area contributed by atoms with E-state index in [4.69, 9.17) is 29.8 Å². The molecule has 0 amide bonds. The van der Waals surface area contributed by atoms with Crippen LogP contribution in [0.25, 0.3) is 5.69 Å². The molecule has 0 radical (unpaired) electrons. The third-order valence-electron chi connectivity index (χ3n) is 6.85. The van der Waals surface area contributed by atoms with Crippen LogP contribution in [-0.2, 0) is 33.4 Å². The zero-order valence-corrected chi connectivity index (χ0v) is 23.9. The molecule has 4 aromatic rings. The van der Waals surface area contributed by atoms with Gasteiger partial charge in [-0.2, -0.15) is 11.0 Å². The summed E-state index contributed by atoms with van der Waals surface area (Å²) in [5, 5.41) is 17.8. The van der Waals surface area contributed by atoms with Crippen LogP contribution in [0, 0.1) is 0 Å². The Morgan fingerprint density at radius 1 is 1.17 bits per heavy atom. The average Bonchev–Trinajstić information content (AvgIpc) is 3.42. The summed E-state index contributed by atoms with van der Waals surface area (Å²) < 4.78 is 17.8. The molecular weight excluding hydrogens is 560 g/mol. The number of aromatic nitrogens is 4. The molecule has 0 bridgehead atoms. The number of carbonyl (C=O) groups is 1. The van der Waals surface area contributed by atoms with Gasteiger partial charge in [0.1, 0.15) is 5.82 Å². The number of carboxylic acids is 1. The predicted octanol–water partition coefficient (Wildman–Crippen LogP) is 4.28. The van der Waals surface area contributed by atoms with Gasteiger partial charge in [0.25, 0.3) is 0 Å². The van der Waals surface area contributed by atoms with Crippen LogP contribution < -0.4 is 20.7 Å². The number of aliphatic carboxylic acids is 1. The van der Waals surface area contributed by atoms with Gasteiger partial charge in [-0.1, -0.05) is 12.1 Å². The van der Waals surface area contributed by atoms with Gasteiger partial charge in [0.15, 0.2) is 0 Å². The summed E-state index contributed by atoms with van der Waals surface area (Å²) in [6.07, 6.45) is 4.69. The lowest BCUT2D eigenvalue weighted by molar-refractivity contribution is -0.195. The predicted molar refractivity (Wildman–Crippen MR) is 156 cm³/mol. The summed E-state index contributed by atoms with van der Waals surface area (Å²) in [6, 6.07) is 17.0. The fourth-order valence-corrected chi connectivity index (χ4v) is 5.16. The quantitative estimate of drug-likeness (QED) is 0.109. The smallest absolute Gasteiger partial charge is 0.303 e. The second-order valence-electron chi connectivity index (χ2n) is 9.70. The molecule has 1 aromatic carbocycles. The van der Waals surface area contributed by atoms with Crippen LogP contribution >= 0.6 is 12.0 Å². The van der Waals surface area contributed by atoms with E-state index >= 15 is 0 Å². The number of nitrogens with two attached hydrogens (primary N) is 1. The molecule has 4 heterocycles. The molecule has 0 aliphatic carbocycles. The van der Waals surface area contributed by atoms with Gasteiger partial charge < -0.3 is 19.9 Å². The topological polar surface area (TPSA) is 156 Å². The fraction of sp³-hybridized carbons (Fsp3) is 0.310. The largest absolute Gasteiger partial charge is 0.481 e. The molecule has 4 N–H and O–H groups in total. The summed E-state index contributed by atoms with van der Waals surface area (Å²) in [6.45, 7) is 1.31. The van der Waals surface area contributed by atoms with E-state index in [1.807, 2.05) is 42.5 Å². The van der Waals surface area contributed by atoms with Crippen molar-refractivity contribution in [3.8, 4) is 17.4 Å². The first-order valence-corrected chi connectivity index (χ1v) is 14.2. The van der Waals surface area contributed by atoms with Crippen LogP contribution in [0.1, 0.15) is 41.3 Å². The molecule has 1 unspecified atom stereocenters. The molecule has 1 aliphatic rings. The number of fused-ring (bicyclic) bond motifs is 1. The van der Waals surface area contributed by atoms with Gasteiger partial charge in [-0.05, 0) is 60.7 Å². The normalized spacial score (nSPS) is 13.2. The Bertz CT molecular complexity index is 1480. The monoisotopic (exact) mass is 592 g/mol. The highest BCUT2D eigenvalue weighted by Gasteiger charge is 2.21. The first-order chi connectivity index (χ1) is 20.5. The van der Waals surface area contributed by atoms with Crippen molar-refractivity contribution in [2.45, 2.75) is 42.9 Å². The number of hydrogen-bond acceptors (Lipinski definition) is 11. The van der Waals surface area contributed by atoms with Crippen molar-refractivity contribution in [2.24, 2.45) is 5.90 Å². The van der Waals surface area contributed by atoms with E-state index in [2.05, 4.69) is 21.4 Å². The van der Waals surface area contributed by atoms with Gasteiger partial charge in [-0.15, -0.1) is 9.32 Å². The number of pyridine rings is 2. The Morgan fingerprint density at radius 3 is 2.76 bits per heavy atom. The number of ether oxygens (including phenoxy) is 2.